The maximum Gasteiger partial charge on any atom is 0.115 e. The molecule has 110 valence electrons. The standard InChI is InChI=1S/C18H27NO/c1-4-5-9-19-10-8-18(3)12-17(19)13(2)15-7-6-14(20)11-16(15)18/h6-7,11,13,17,20H,4-5,8-10,12H2,1-3H3. The smallest absolute Gasteiger partial charge is 0.115 e. The molecule has 0 aromatic heterocycles. The third-order valence-electron chi connectivity index (χ3n) is 5.63. The first-order valence-electron chi connectivity index (χ1n) is 8.12. The molecule has 0 spiro atoms. The van der Waals surface area contributed by atoms with Gasteiger partial charge in [0.15, 0.2) is 0 Å². The zero-order chi connectivity index (χ0) is 14.3. The number of unbranched alkanes of at least 4 members (excludes halogenated alkanes) is 1. The molecule has 2 bridgehead atoms. The van der Waals surface area contributed by atoms with Crippen molar-refractivity contribution < 1.29 is 5.11 Å². The first kappa shape index (κ1) is 13.9. The largest absolute Gasteiger partial charge is 0.508 e. The van der Waals surface area contributed by atoms with Crippen molar-refractivity contribution in [3.63, 3.8) is 0 Å². The molecule has 1 aromatic rings. The van der Waals surface area contributed by atoms with Crippen LogP contribution in [0.25, 0.3) is 0 Å². The van der Waals surface area contributed by atoms with Crippen molar-refractivity contribution in [1.82, 2.24) is 4.90 Å². The number of benzene rings is 1. The number of hydrogen-bond donors (Lipinski definition) is 1. The van der Waals surface area contributed by atoms with Crippen LogP contribution < -0.4 is 0 Å². The van der Waals surface area contributed by atoms with E-state index < -0.39 is 0 Å². The first-order valence-corrected chi connectivity index (χ1v) is 8.12. The lowest BCUT2D eigenvalue weighted by molar-refractivity contribution is 0.0699. The normalized spacial score (nSPS) is 33.0. The van der Waals surface area contributed by atoms with Crippen molar-refractivity contribution in [2.45, 2.75) is 63.8 Å². The fourth-order valence-electron chi connectivity index (χ4n) is 4.30. The van der Waals surface area contributed by atoms with E-state index in [0.29, 0.717) is 17.7 Å². The Morgan fingerprint density at radius 1 is 1.40 bits per heavy atom. The average Bonchev–Trinajstić information content (AvgIpc) is 2.44. The second-order valence-corrected chi connectivity index (χ2v) is 7.03. The van der Waals surface area contributed by atoms with Crippen LogP contribution in [-0.4, -0.2) is 29.1 Å². The molecule has 0 radical (unpaired) electrons. The van der Waals surface area contributed by atoms with Crippen molar-refractivity contribution in [3.8, 4) is 5.75 Å². The molecule has 2 aliphatic rings. The van der Waals surface area contributed by atoms with Crippen molar-refractivity contribution in [2.24, 2.45) is 0 Å². The summed E-state index contributed by atoms with van der Waals surface area (Å²) in [6.45, 7) is 9.48. The SMILES string of the molecule is CCCCN1CCC2(C)CC1C(C)c1ccc(O)cc12. The minimum absolute atomic E-state index is 0.258. The molecule has 2 nitrogen and oxygen atoms in total. The van der Waals surface area contributed by atoms with Gasteiger partial charge in [0.05, 0.1) is 0 Å². The summed E-state index contributed by atoms with van der Waals surface area (Å²) in [5.41, 5.74) is 3.12. The van der Waals surface area contributed by atoms with Crippen LogP contribution in [0.4, 0.5) is 0 Å². The zero-order valence-corrected chi connectivity index (χ0v) is 13.0. The quantitative estimate of drug-likeness (QED) is 0.898. The Morgan fingerprint density at radius 2 is 2.20 bits per heavy atom. The highest BCUT2D eigenvalue weighted by atomic mass is 16.3. The van der Waals surface area contributed by atoms with Crippen LogP contribution in [0.3, 0.4) is 0 Å². The van der Waals surface area contributed by atoms with Crippen molar-refractivity contribution in [1.29, 1.82) is 0 Å². The molecule has 1 fully saturated rings. The Bertz CT molecular complexity index is 498. The van der Waals surface area contributed by atoms with Gasteiger partial charge in [-0.3, -0.25) is 4.90 Å². The van der Waals surface area contributed by atoms with Gasteiger partial charge in [-0.05, 0) is 66.9 Å². The molecule has 1 heterocycles. The molecule has 20 heavy (non-hydrogen) atoms. The Hall–Kier alpha value is -1.02. The number of fused-ring (bicyclic) bond motifs is 4. The second-order valence-electron chi connectivity index (χ2n) is 7.03. The molecule has 1 aliphatic heterocycles. The van der Waals surface area contributed by atoms with Gasteiger partial charge < -0.3 is 5.11 Å². The highest BCUT2D eigenvalue weighted by Gasteiger charge is 2.45. The predicted octanol–water partition coefficient (Wildman–Crippen LogP) is 4.03. The van der Waals surface area contributed by atoms with Crippen LogP contribution in [-0.2, 0) is 5.41 Å². The topological polar surface area (TPSA) is 23.5 Å². The molecule has 2 heteroatoms. The summed E-state index contributed by atoms with van der Waals surface area (Å²) in [5, 5.41) is 9.84. The Kier molecular flexibility index (Phi) is 3.53. The molecule has 1 aromatic carbocycles. The van der Waals surface area contributed by atoms with E-state index in [1.807, 2.05) is 12.1 Å². The summed E-state index contributed by atoms with van der Waals surface area (Å²) < 4.78 is 0. The zero-order valence-electron chi connectivity index (χ0n) is 13.0. The number of piperidine rings is 1. The number of phenols is 1. The van der Waals surface area contributed by atoms with E-state index in [2.05, 4.69) is 31.7 Å². The minimum atomic E-state index is 0.258. The third-order valence-corrected chi connectivity index (χ3v) is 5.63. The van der Waals surface area contributed by atoms with Gasteiger partial charge in [-0.15, -0.1) is 0 Å². The molecule has 1 N–H and O–H groups in total. The highest BCUT2D eigenvalue weighted by Crippen LogP contribution is 2.50. The highest BCUT2D eigenvalue weighted by molar-refractivity contribution is 5.45. The molecular weight excluding hydrogens is 246 g/mol. The van der Waals surface area contributed by atoms with Crippen molar-refractivity contribution in [2.75, 3.05) is 13.1 Å². The first-order chi connectivity index (χ1) is 9.55. The molecule has 3 atom stereocenters. The number of nitrogens with zero attached hydrogens (tertiary/aromatic N) is 1. The summed E-state index contributed by atoms with van der Waals surface area (Å²) in [6.07, 6.45) is 5.05. The van der Waals surface area contributed by atoms with Crippen molar-refractivity contribution >= 4 is 0 Å². The molecule has 3 rings (SSSR count). The lowest BCUT2D eigenvalue weighted by atomic mass is 9.62. The summed E-state index contributed by atoms with van der Waals surface area (Å²) in [7, 11) is 0. The summed E-state index contributed by atoms with van der Waals surface area (Å²) >= 11 is 0. The summed E-state index contributed by atoms with van der Waals surface area (Å²) in [6, 6.07) is 6.71. The number of aromatic hydroxyl groups is 1. The van der Waals surface area contributed by atoms with E-state index in [1.54, 1.807) is 0 Å². The number of rotatable bonds is 3. The number of hydrogen-bond acceptors (Lipinski definition) is 2. The fourth-order valence-corrected chi connectivity index (χ4v) is 4.30. The van der Waals surface area contributed by atoms with E-state index in [1.165, 1.54) is 49.9 Å². The monoisotopic (exact) mass is 273 g/mol. The average molecular weight is 273 g/mol. The third kappa shape index (κ3) is 2.14. The van der Waals surface area contributed by atoms with Crippen molar-refractivity contribution in [3.05, 3.63) is 29.3 Å². The maximum absolute atomic E-state index is 9.84. The summed E-state index contributed by atoms with van der Waals surface area (Å²) in [5.74, 6) is 1.000. The van der Waals surface area contributed by atoms with Gasteiger partial charge in [0.25, 0.3) is 0 Å². The molecule has 0 saturated carbocycles. The molecule has 1 aliphatic carbocycles. The Morgan fingerprint density at radius 3 is 2.95 bits per heavy atom. The Balaban J connectivity index is 1.96. The van der Waals surface area contributed by atoms with Crippen LogP contribution in [0.15, 0.2) is 18.2 Å². The van der Waals surface area contributed by atoms with Crippen LogP contribution in [0, 0.1) is 0 Å². The van der Waals surface area contributed by atoms with Gasteiger partial charge >= 0.3 is 0 Å². The van der Waals surface area contributed by atoms with Crippen LogP contribution in [0.2, 0.25) is 0 Å². The second kappa shape index (κ2) is 5.07. The number of phenolic OH excluding ortho intramolecular Hbond substituents is 1. The van der Waals surface area contributed by atoms with Gasteiger partial charge in [-0.25, -0.2) is 0 Å². The number of likely N-dealkylation sites (tertiary alicyclic amines) is 1. The molecule has 1 saturated heterocycles. The maximum atomic E-state index is 9.84. The van der Waals surface area contributed by atoms with Gasteiger partial charge in [0, 0.05) is 6.04 Å². The fraction of sp³-hybridized carbons (Fsp3) is 0.667. The summed E-state index contributed by atoms with van der Waals surface area (Å²) in [4.78, 5) is 2.71. The molecule has 3 unspecified atom stereocenters. The van der Waals surface area contributed by atoms with Crippen LogP contribution in [0.5, 0.6) is 5.75 Å². The van der Waals surface area contributed by atoms with Gasteiger partial charge in [-0.1, -0.05) is 33.3 Å². The lowest BCUT2D eigenvalue weighted by Gasteiger charge is -2.52. The van der Waals surface area contributed by atoms with Crippen LogP contribution in [0.1, 0.15) is 63.5 Å². The van der Waals surface area contributed by atoms with Crippen LogP contribution >= 0.6 is 0 Å². The van der Waals surface area contributed by atoms with Gasteiger partial charge in [0.2, 0.25) is 0 Å². The predicted molar refractivity (Wildman–Crippen MR) is 83.4 cm³/mol. The van der Waals surface area contributed by atoms with E-state index in [-0.39, 0.29) is 5.41 Å². The minimum Gasteiger partial charge on any atom is -0.508 e. The lowest BCUT2D eigenvalue weighted by Crippen LogP contribution is -2.53. The van der Waals surface area contributed by atoms with E-state index in [0.717, 1.165) is 0 Å². The molecular formula is C18H27NO. The van der Waals surface area contributed by atoms with E-state index >= 15 is 0 Å². The Labute approximate surface area is 122 Å². The van der Waals surface area contributed by atoms with E-state index in [4.69, 9.17) is 0 Å². The van der Waals surface area contributed by atoms with Gasteiger partial charge in [0.1, 0.15) is 5.75 Å². The van der Waals surface area contributed by atoms with E-state index in [9.17, 15) is 5.11 Å². The van der Waals surface area contributed by atoms with Gasteiger partial charge in [-0.2, -0.15) is 0 Å². The molecule has 0 amide bonds.